The predicted octanol–water partition coefficient (Wildman–Crippen LogP) is 1.93. The molecule has 0 aliphatic rings. The first-order chi connectivity index (χ1) is 7.58. The zero-order valence-electron chi connectivity index (χ0n) is 8.12. The third kappa shape index (κ3) is 1.86. The molecule has 0 unspecified atom stereocenters. The van der Waals surface area contributed by atoms with Crippen molar-refractivity contribution in [1.82, 2.24) is 9.55 Å². The Labute approximate surface area is 89.3 Å². The maximum atomic E-state index is 13.3. The van der Waals surface area contributed by atoms with Gasteiger partial charge in [0.25, 0.3) is 0 Å². The van der Waals surface area contributed by atoms with Gasteiger partial charge in [-0.15, -0.1) is 0 Å². The summed E-state index contributed by atoms with van der Waals surface area (Å²) in [6.07, 6.45) is 2.96. The van der Waals surface area contributed by atoms with Gasteiger partial charge in [-0.2, -0.15) is 0 Å². The number of halogens is 3. The summed E-state index contributed by atoms with van der Waals surface area (Å²) in [5.74, 6) is -2.92. The SMILES string of the molecule is Nc1nccn1Cc1cc(F)c(F)cc1F. The summed E-state index contributed by atoms with van der Waals surface area (Å²) in [5, 5.41) is 0. The fourth-order valence-electron chi connectivity index (χ4n) is 1.34. The van der Waals surface area contributed by atoms with Crippen molar-refractivity contribution in [1.29, 1.82) is 0 Å². The molecule has 2 rings (SSSR count). The van der Waals surface area contributed by atoms with Crippen LogP contribution in [-0.4, -0.2) is 9.55 Å². The molecule has 0 bridgehead atoms. The average Bonchev–Trinajstić information content (AvgIpc) is 2.61. The van der Waals surface area contributed by atoms with E-state index in [2.05, 4.69) is 4.98 Å². The van der Waals surface area contributed by atoms with Crippen molar-refractivity contribution >= 4 is 5.95 Å². The lowest BCUT2D eigenvalue weighted by molar-refractivity contribution is 0.488. The molecule has 0 aliphatic carbocycles. The zero-order valence-corrected chi connectivity index (χ0v) is 8.12. The van der Waals surface area contributed by atoms with Crippen LogP contribution in [0.5, 0.6) is 0 Å². The highest BCUT2D eigenvalue weighted by Crippen LogP contribution is 2.15. The van der Waals surface area contributed by atoms with Crippen LogP contribution in [0.2, 0.25) is 0 Å². The first kappa shape index (κ1) is 10.5. The normalized spacial score (nSPS) is 10.7. The molecule has 3 nitrogen and oxygen atoms in total. The number of imidazole rings is 1. The van der Waals surface area contributed by atoms with Crippen LogP contribution in [0.25, 0.3) is 0 Å². The summed E-state index contributed by atoms with van der Waals surface area (Å²) < 4.78 is 40.2. The molecule has 6 heteroatoms. The van der Waals surface area contributed by atoms with E-state index in [0.29, 0.717) is 6.07 Å². The van der Waals surface area contributed by atoms with Crippen LogP contribution in [0.4, 0.5) is 19.1 Å². The Balaban J connectivity index is 2.35. The zero-order chi connectivity index (χ0) is 11.7. The summed E-state index contributed by atoms with van der Waals surface area (Å²) in [4.78, 5) is 3.73. The van der Waals surface area contributed by atoms with E-state index in [1.54, 1.807) is 0 Å². The number of benzene rings is 1. The third-order valence-corrected chi connectivity index (χ3v) is 2.18. The highest BCUT2D eigenvalue weighted by Gasteiger charge is 2.10. The van der Waals surface area contributed by atoms with Crippen molar-refractivity contribution in [2.24, 2.45) is 0 Å². The standard InChI is InChI=1S/C10H8F3N3/c11-7-4-9(13)8(12)3-6(7)5-16-2-1-15-10(16)14/h1-4H,5H2,(H2,14,15). The Morgan fingerprint density at radius 1 is 1.12 bits per heavy atom. The van der Waals surface area contributed by atoms with E-state index in [1.807, 2.05) is 0 Å². The highest BCUT2D eigenvalue weighted by atomic mass is 19.2. The number of anilines is 1. The quantitative estimate of drug-likeness (QED) is 0.796. The Kier molecular flexibility index (Phi) is 2.55. The lowest BCUT2D eigenvalue weighted by Crippen LogP contribution is -2.06. The largest absolute Gasteiger partial charge is 0.369 e. The molecule has 0 aliphatic heterocycles. The van der Waals surface area contributed by atoms with Crippen LogP contribution in [0.15, 0.2) is 24.5 Å². The van der Waals surface area contributed by atoms with Crippen LogP contribution in [0.1, 0.15) is 5.56 Å². The topological polar surface area (TPSA) is 43.8 Å². The number of hydrogen-bond donors (Lipinski definition) is 1. The van der Waals surface area contributed by atoms with Crippen LogP contribution < -0.4 is 5.73 Å². The first-order valence-electron chi connectivity index (χ1n) is 4.48. The van der Waals surface area contributed by atoms with Gasteiger partial charge < -0.3 is 10.3 Å². The van der Waals surface area contributed by atoms with Crippen molar-refractivity contribution in [3.8, 4) is 0 Å². The molecule has 0 fully saturated rings. The van der Waals surface area contributed by atoms with Gasteiger partial charge in [0.2, 0.25) is 0 Å². The molecule has 84 valence electrons. The van der Waals surface area contributed by atoms with E-state index in [-0.39, 0.29) is 18.1 Å². The molecular formula is C10H8F3N3. The Morgan fingerprint density at radius 2 is 1.81 bits per heavy atom. The third-order valence-electron chi connectivity index (χ3n) is 2.18. The van der Waals surface area contributed by atoms with Crippen molar-refractivity contribution in [2.75, 3.05) is 5.73 Å². The van der Waals surface area contributed by atoms with Crippen LogP contribution in [0.3, 0.4) is 0 Å². The van der Waals surface area contributed by atoms with E-state index in [0.717, 1.165) is 6.07 Å². The molecule has 1 aromatic carbocycles. The minimum absolute atomic E-state index is 0.00880. The van der Waals surface area contributed by atoms with Gasteiger partial charge in [0.1, 0.15) is 5.82 Å². The lowest BCUT2D eigenvalue weighted by Gasteiger charge is -2.06. The maximum absolute atomic E-state index is 13.3. The number of nitrogens with zero attached hydrogens (tertiary/aromatic N) is 2. The summed E-state index contributed by atoms with van der Waals surface area (Å²) >= 11 is 0. The van der Waals surface area contributed by atoms with Gasteiger partial charge >= 0.3 is 0 Å². The molecule has 0 spiro atoms. The van der Waals surface area contributed by atoms with Gasteiger partial charge in [-0.3, -0.25) is 0 Å². The minimum Gasteiger partial charge on any atom is -0.369 e. The molecule has 2 aromatic rings. The van der Waals surface area contributed by atoms with E-state index in [4.69, 9.17) is 5.73 Å². The summed E-state index contributed by atoms with van der Waals surface area (Å²) in [6.45, 7) is 0.00880. The molecule has 0 amide bonds. The second-order valence-corrected chi connectivity index (χ2v) is 3.27. The summed E-state index contributed by atoms with van der Waals surface area (Å²) in [6, 6.07) is 1.32. The highest BCUT2D eigenvalue weighted by molar-refractivity contribution is 5.24. The second-order valence-electron chi connectivity index (χ2n) is 3.27. The average molecular weight is 227 g/mol. The lowest BCUT2D eigenvalue weighted by atomic mass is 10.2. The van der Waals surface area contributed by atoms with Crippen molar-refractivity contribution in [3.05, 3.63) is 47.5 Å². The van der Waals surface area contributed by atoms with Crippen molar-refractivity contribution in [3.63, 3.8) is 0 Å². The predicted molar refractivity (Wildman–Crippen MR) is 52.1 cm³/mol. The number of aromatic nitrogens is 2. The van der Waals surface area contributed by atoms with Crippen molar-refractivity contribution in [2.45, 2.75) is 6.54 Å². The van der Waals surface area contributed by atoms with Gasteiger partial charge in [0.15, 0.2) is 17.6 Å². The molecule has 16 heavy (non-hydrogen) atoms. The first-order valence-corrected chi connectivity index (χ1v) is 4.48. The van der Waals surface area contributed by atoms with Crippen LogP contribution in [-0.2, 0) is 6.54 Å². The number of rotatable bonds is 2. The van der Waals surface area contributed by atoms with E-state index >= 15 is 0 Å². The minimum atomic E-state index is -1.21. The molecule has 0 saturated heterocycles. The van der Waals surface area contributed by atoms with Gasteiger partial charge in [-0.1, -0.05) is 0 Å². The monoisotopic (exact) mass is 227 g/mol. The van der Waals surface area contributed by atoms with Crippen molar-refractivity contribution < 1.29 is 13.2 Å². The van der Waals surface area contributed by atoms with Gasteiger partial charge in [-0.25, -0.2) is 18.2 Å². The van der Waals surface area contributed by atoms with Gasteiger partial charge in [0, 0.05) is 24.0 Å². The fraction of sp³-hybridized carbons (Fsp3) is 0.100. The van der Waals surface area contributed by atoms with Gasteiger partial charge in [-0.05, 0) is 6.07 Å². The van der Waals surface area contributed by atoms with Gasteiger partial charge in [0.05, 0.1) is 6.54 Å². The number of hydrogen-bond acceptors (Lipinski definition) is 2. The summed E-state index contributed by atoms with van der Waals surface area (Å²) in [7, 11) is 0. The van der Waals surface area contributed by atoms with Crippen LogP contribution in [0, 0.1) is 17.5 Å². The molecule has 1 heterocycles. The van der Waals surface area contributed by atoms with E-state index in [1.165, 1.54) is 17.0 Å². The molecule has 0 saturated carbocycles. The molecule has 2 N–H and O–H groups in total. The molecule has 1 aromatic heterocycles. The van der Waals surface area contributed by atoms with E-state index in [9.17, 15) is 13.2 Å². The summed E-state index contributed by atoms with van der Waals surface area (Å²) in [5.41, 5.74) is 5.49. The second kappa shape index (κ2) is 3.88. The van der Waals surface area contributed by atoms with E-state index < -0.39 is 17.5 Å². The molecular weight excluding hydrogens is 219 g/mol. The number of nitrogens with two attached hydrogens (primary N) is 1. The Morgan fingerprint density at radius 3 is 2.44 bits per heavy atom. The fourth-order valence-corrected chi connectivity index (χ4v) is 1.34. The maximum Gasteiger partial charge on any atom is 0.200 e. The smallest absolute Gasteiger partial charge is 0.200 e. The molecule has 0 radical (unpaired) electrons. The number of nitrogen functional groups attached to an aromatic ring is 1. The Bertz CT molecular complexity index is 522. The molecule has 0 atom stereocenters. The van der Waals surface area contributed by atoms with Crippen LogP contribution >= 0.6 is 0 Å². The Hall–Kier alpha value is -1.98.